The Balaban J connectivity index is 1.49. The molecule has 1 aromatic heterocycles. The standard InChI is InChI=1S/C29H19F8N3O3/c30-21-9-15(29(35,36)37)5-6-20(21)28(7-8-28)27(43)39-16-10-19(26(41)42)23(22(31)11-16)18-4-2-1-3-17(18)14-12-38-40(13-14)25(34)24(32)33/h1-6,9-13,24-25H,7-8H2,(H,39,43)(H,41,42). The molecule has 0 bridgehead atoms. The topological polar surface area (TPSA) is 84.2 Å². The monoisotopic (exact) mass is 609 g/mol. The number of rotatable bonds is 8. The fourth-order valence-corrected chi connectivity index (χ4v) is 4.88. The van der Waals surface area contributed by atoms with Crippen molar-refractivity contribution in [1.29, 1.82) is 0 Å². The molecule has 5 rings (SSSR count). The van der Waals surface area contributed by atoms with Crippen LogP contribution in [0.4, 0.5) is 40.8 Å². The molecule has 1 amide bonds. The van der Waals surface area contributed by atoms with Crippen molar-refractivity contribution in [3.05, 3.63) is 95.3 Å². The third-order valence-electron chi connectivity index (χ3n) is 7.14. The van der Waals surface area contributed by atoms with Gasteiger partial charge in [0.2, 0.25) is 5.91 Å². The van der Waals surface area contributed by atoms with Crippen LogP contribution in [0.15, 0.2) is 67.0 Å². The molecule has 1 fully saturated rings. The second-order valence-electron chi connectivity index (χ2n) is 9.88. The van der Waals surface area contributed by atoms with Gasteiger partial charge in [0.25, 0.3) is 12.7 Å². The molecule has 6 nitrogen and oxygen atoms in total. The van der Waals surface area contributed by atoms with Crippen LogP contribution in [-0.4, -0.2) is 33.2 Å². The second kappa shape index (κ2) is 10.8. The first-order chi connectivity index (χ1) is 20.2. The zero-order valence-corrected chi connectivity index (χ0v) is 21.6. The average molecular weight is 609 g/mol. The molecule has 0 aliphatic heterocycles. The van der Waals surface area contributed by atoms with Gasteiger partial charge in [0, 0.05) is 28.6 Å². The van der Waals surface area contributed by atoms with Crippen LogP contribution in [0.2, 0.25) is 0 Å². The molecule has 224 valence electrons. The summed E-state index contributed by atoms with van der Waals surface area (Å²) in [5.74, 6) is -4.84. The summed E-state index contributed by atoms with van der Waals surface area (Å²) >= 11 is 0. The summed E-state index contributed by atoms with van der Waals surface area (Å²) in [7, 11) is 0. The molecule has 1 aliphatic carbocycles. The number of nitrogens with one attached hydrogen (secondary N) is 1. The summed E-state index contributed by atoms with van der Waals surface area (Å²) < 4.78 is 109. The van der Waals surface area contributed by atoms with Crippen LogP contribution in [0.25, 0.3) is 22.3 Å². The summed E-state index contributed by atoms with van der Waals surface area (Å²) in [6, 6.07) is 9.27. The molecular formula is C29H19F8N3O3. The van der Waals surface area contributed by atoms with E-state index in [-0.39, 0.29) is 46.8 Å². The van der Waals surface area contributed by atoms with E-state index in [9.17, 15) is 45.4 Å². The molecule has 0 radical (unpaired) electrons. The smallest absolute Gasteiger partial charge is 0.416 e. The molecule has 1 heterocycles. The number of anilines is 1. The molecule has 2 N–H and O–H groups in total. The first kappa shape index (κ1) is 29.7. The highest BCUT2D eigenvalue weighted by atomic mass is 19.4. The number of carboxylic acid groups (broad SMARTS) is 1. The zero-order valence-electron chi connectivity index (χ0n) is 21.6. The number of hydrogen-bond donors (Lipinski definition) is 2. The van der Waals surface area contributed by atoms with E-state index in [4.69, 9.17) is 0 Å². The highest BCUT2D eigenvalue weighted by Crippen LogP contribution is 2.50. The predicted molar refractivity (Wildman–Crippen MR) is 137 cm³/mol. The molecule has 1 unspecified atom stereocenters. The van der Waals surface area contributed by atoms with Gasteiger partial charge in [-0.15, -0.1) is 0 Å². The van der Waals surface area contributed by atoms with Gasteiger partial charge in [0.05, 0.1) is 22.7 Å². The van der Waals surface area contributed by atoms with Crippen molar-refractivity contribution in [2.75, 3.05) is 5.32 Å². The lowest BCUT2D eigenvalue weighted by Gasteiger charge is -2.19. The van der Waals surface area contributed by atoms with E-state index in [0.29, 0.717) is 10.7 Å². The quantitative estimate of drug-likeness (QED) is 0.202. The number of hydrogen-bond acceptors (Lipinski definition) is 3. The molecule has 1 aliphatic rings. The lowest BCUT2D eigenvalue weighted by Crippen LogP contribution is -2.29. The van der Waals surface area contributed by atoms with Crippen molar-refractivity contribution < 1.29 is 49.8 Å². The van der Waals surface area contributed by atoms with Crippen LogP contribution in [-0.2, 0) is 16.4 Å². The zero-order chi connectivity index (χ0) is 31.3. The van der Waals surface area contributed by atoms with Gasteiger partial charge < -0.3 is 10.4 Å². The van der Waals surface area contributed by atoms with E-state index in [1.165, 1.54) is 24.3 Å². The Kier molecular flexibility index (Phi) is 7.48. The van der Waals surface area contributed by atoms with Gasteiger partial charge in [-0.2, -0.15) is 18.3 Å². The number of nitrogens with zero attached hydrogens (tertiary/aromatic N) is 2. The first-order valence-electron chi connectivity index (χ1n) is 12.5. The molecule has 0 saturated heterocycles. The number of carbonyl (C=O) groups excluding carboxylic acids is 1. The van der Waals surface area contributed by atoms with Crippen molar-refractivity contribution in [2.45, 2.75) is 37.2 Å². The number of aromatic carboxylic acids is 1. The molecule has 3 aromatic carbocycles. The summed E-state index contributed by atoms with van der Waals surface area (Å²) in [5, 5.41) is 15.8. The summed E-state index contributed by atoms with van der Waals surface area (Å²) in [4.78, 5) is 25.4. The maximum Gasteiger partial charge on any atom is 0.416 e. The third-order valence-corrected chi connectivity index (χ3v) is 7.14. The largest absolute Gasteiger partial charge is 0.478 e. The van der Waals surface area contributed by atoms with Crippen molar-refractivity contribution in [3.8, 4) is 22.3 Å². The summed E-state index contributed by atoms with van der Waals surface area (Å²) in [6.07, 6.45) is -8.74. The number of carbonyl (C=O) groups is 2. The lowest BCUT2D eigenvalue weighted by molar-refractivity contribution is -0.137. The fourth-order valence-electron chi connectivity index (χ4n) is 4.88. The number of halogens is 8. The van der Waals surface area contributed by atoms with Crippen molar-refractivity contribution >= 4 is 17.6 Å². The van der Waals surface area contributed by atoms with Crippen LogP contribution < -0.4 is 5.32 Å². The Bertz CT molecular complexity index is 1730. The number of benzene rings is 3. The minimum Gasteiger partial charge on any atom is -0.478 e. The van der Waals surface area contributed by atoms with Crippen molar-refractivity contribution in [3.63, 3.8) is 0 Å². The van der Waals surface area contributed by atoms with Gasteiger partial charge in [-0.1, -0.05) is 30.3 Å². The Morgan fingerprint density at radius 3 is 2.21 bits per heavy atom. The van der Waals surface area contributed by atoms with Crippen molar-refractivity contribution in [2.24, 2.45) is 0 Å². The molecule has 1 atom stereocenters. The van der Waals surface area contributed by atoms with Gasteiger partial charge in [0.1, 0.15) is 11.6 Å². The molecule has 0 spiro atoms. The van der Waals surface area contributed by atoms with Gasteiger partial charge in [-0.05, 0) is 48.2 Å². The molecule has 4 aromatic rings. The minimum atomic E-state index is -4.80. The maximum atomic E-state index is 15.6. The second-order valence-corrected chi connectivity index (χ2v) is 9.88. The Morgan fingerprint density at radius 2 is 1.63 bits per heavy atom. The van der Waals surface area contributed by atoms with Gasteiger partial charge >= 0.3 is 12.1 Å². The highest BCUT2D eigenvalue weighted by Gasteiger charge is 2.53. The predicted octanol–water partition coefficient (Wildman–Crippen LogP) is 7.62. The average Bonchev–Trinajstić information content (AvgIpc) is 3.60. The molecule has 43 heavy (non-hydrogen) atoms. The van der Waals surface area contributed by atoms with Crippen molar-refractivity contribution in [1.82, 2.24) is 9.78 Å². The van der Waals surface area contributed by atoms with E-state index in [1.54, 1.807) is 0 Å². The molecule has 14 heteroatoms. The lowest BCUT2D eigenvalue weighted by atomic mass is 9.91. The summed E-state index contributed by atoms with van der Waals surface area (Å²) in [5.41, 5.74) is -4.20. The molecule has 1 saturated carbocycles. The van der Waals surface area contributed by atoms with Crippen LogP contribution in [0.3, 0.4) is 0 Å². The van der Waals surface area contributed by atoms with E-state index < -0.39 is 64.5 Å². The normalized spacial score (nSPS) is 14.9. The van der Waals surface area contributed by atoms with E-state index in [1.807, 2.05) is 0 Å². The van der Waals surface area contributed by atoms with E-state index in [0.717, 1.165) is 30.6 Å². The van der Waals surface area contributed by atoms with Gasteiger partial charge in [0.15, 0.2) is 0 Å². The summed E-state index contributed by atoms with van der Waals surface area (Å²) in [6.45, 7) is 0. The highest BCUT2D eigenvalue weighted by molar-refractivity contribution is 6.04. The molecular weight excluding hydrogens is 590 g/mol. The van der Waals surface area contributed by atoms with Crippen LogP contribution in [0, 0.1) is 11.6 Å². The van der Waals surface area contributed by atoms with Gasteiger partial charge in [-0.3, -0.25) is 4.79 Å². The van der Waals surface area contributed by atoms with Gasteiger partial charge in [-0.25, -0.2) is 31.4 Å². The van der Waals surface area contributed by atoms with Crippen LogP contribution in [0.5, 0.6) is 0 Å². The van der Waals surface area contributed by atoms with Crippen LogP contribution in [0.1, 0.15) is 40.6 Å². The Hall–Kier alpha value is -4.75. The maximum absolute atomic E-state index is 15.6. The Morgan fingerprint density at radius 1 is 0.953 bits per heavy atom. The number of carboxylic acids is 1. The first-order valence-corrected chi connectivity index (χ1v) is 12.5. The van der Waals surface area contributed by atoms with E-state index >= 15 is 4.39 Å². The van der Waals surface area contributed by atoms with Crippen LogP contribution >= 0.6 is 0 Å². The fraction of sp³-hybridized carbons (Fsp3) is 0.207. The number of amides is 1. The minimum absolute atomic E-state index is 0.00669. The third kappa shape index (κ3) is 5.56. The number of aromatic nitrogens is 2. The Labute approximate surface area is 237 Å². The number of alkyl halides is 6. The van der Waals surface area contributed by atoms with E-state index in [2.05, 4.69) is 10.4 Å². The SMILES string of the molecule is O=C(O)c1cc(NC(=O)C2(c3ccc(C(F)(F)F)cc3F)CC2)cc(F)c1-c1ccccc1-c1cnn(C(F)C(F)F)c1.